The monoisotopic (exact) mass is 255 g/mol. The average molecular weight is 256 g/mol. The van der Waals surface area contributed by atoms with Crippen LogP contribution < -0.4 is 4.90 Å². The summed E-state index contributed by atoms with van der Waals surface area (Å²) in [5, 5.41) is 9.41. The number of aryl methyl sites for hydroxylation is 1. The quantitative estimate of drug-likeness (QED) is 0.816. The normalized spacial score (nSPS) is 20.4. The van der Waals surface area contributed by atoms with Crippen LogP contribution in [0.15, 0.2) is 6.07 Å². The van der Waals surface area contributed by atoms with Gasteiger partial charge < -0.3 is 10.0 Å². The van der Waals surface area contributed by atoms with Crippen LogP contribution in [0.3, 0.4) is 0 Å². The van der Waals surface area contributed by atoms with Gasteiger partial charge in [-0.3, -0.25) is 4.79 Å². The fourth-order valence-electron chi connectivity index (χ4n) is 2.02. The molecule has 1 aromatic rings. The zero-order valence-corrected chi connectivity index (χ0v) is 10.3. The summed E-state index contributed by atoms with van der Waals surface area (Å²) in [4.78, 5) is 21.3. The third kappa shape index (κ3) is 2.85. The van der Waals surface area contributed by atoms with E-state index in [2.05, 4.69) is 9.97 Å². The van der Waals surface area contributed by atoms with Crippen LogP contribution in [0.5, 0.6) is 0 Å². The molecule has 1 atom stereocenters. The second-order valence-electron chi connectivity index (χ2n) is 4.26. The van der Waals surface area contributed by atoms with Crippen LogP contribution in [0.25, 0.3) is 0 Å². The maximum absolute atomic E-state index is 11.0. The van der Waals surface area contributed by atoms with Crippen LogP contribution in [0.2, 0.25) is 5.15 Å². The number of carbonyl (C=O) groups is 1. The Kier molecular flexibility index (Phi) is 3.47. The molecule has 0 aliphatic carbocycles. The van der Waals surface area contributed by atoms with Crippen molar-refractivity contribution in [3.8, 4) is 0 Å². The van der Waals surface area contributed by atoms with E-state index in [0.717, 1.165) is 18.7 Å². The first-order valence-electron chi connectivity index (χ1n) is 5.55. The second kappa shape index (κ2) is 4.87. The number of hydrogen-bond donors (Lipinski definition) is 1. The molecule has 1 unspecified atom stereocenters. The molecule has 0 radical (unpaired) electrons. The molecule has 6 heteroatoms. The first-order chi connectivity index (χ1) is 8.06. The molecule has 0 bridgehead atoms. The Balaban J connectivity index is 2.18. The smallest absolute Gasteiger partial charge is 0.308 e. The molecule has 17 heavy (non-hydrogen) atoms. The summed E-state index contributed by atoms with van der Waals surface area (Å²) in [6, 6.07) is 1.68. The van der Waals surface area contributed by atoms with Gasteiger partial charge in [-0.05, 0) is 25.8 Å². The van der Waals surface area contributed by atoms with Crippen molar-refractivity contribution in [2.24, 2.45) is 5.92 Å². The number of aliphatic carboxylic acids is 1. The highest BCUT2D eigenvalue weighted by molar-refractivity contribution is 6.29. The number of piperidine rings is 1. The number of halogens is 1. The molecule has 5 nitrogen and oxygen atoms in total. The minimum Gasteiger partial charge on any atom is -0.481 e. The number of rotatable bonds is 2. The Morgan fingerprint density at radius 3 is 3.00 bits per heavy atom. The van der Waals surface area contributed by atoms with Gasteiger partial charge in [-0.2, -0.15) is 0 Å². The van der Waals surface area contributed by atoms with Crippen molar-refractivity contribution in [2.45, 2.75) is 19.8 Å². The molecule has 1 aromatic heterocycles. The predicted molar refractivity (Wildman–Crippen MR) is 64.4 cm³/mol. The number of aromatic nitrogens is 2. The van der Waals surface area contributed by atoms with Crippen LogP contribution in [-0.4, -0.2) is 34.1 Å². The van der Waals surface area contributed by atoms with Crippen molar-refractivity contribution in [1.29, 1.82) is 0 Å². The second-order valence-corrected chi connectivity index (χ2v) is 4.64. The maximum Gasteiger partial charge on any atom is 0.308 e. The number of anilines is 1. The molecular weight excluding hydrogens is 242 g/mol. The van der Waals surface area contributed by atoms with Gasteiger partial charge in [0.2, 0.25) is 5.95 Å². The third-order valence-corrected chi connectivity index (χ3v) is 3.06. The number of carboxylic acids is 1. The third-order valence-electron chi connectivity index (χ3n) is 2.86. The standard InChI is InChI=1S/C11H14ClN3O2/c1-7-5-9(12)14-11(13-7)15-4-2-3-8(6-15)10(16)17/h5,8H,2-4,6H2,1H3,(H,16,17). The molecule has 1 aliphatic heterocycles. The Morgan fingerprint density at radius 1 is 1.59 bits per heavy atom. The first-order valence-corrected chi connectivity index (χ1v) is 5.93. The summed E-state index contributed by atoms with van der Waals surface area (Å²) in [5.41, 5.74) is 0.789. The Labute approximate surface area is 104 Å². The highest BCUT2D eigenvalue weighted by Crippen LogP contribution is 2.22. The summed E-state index contributed by atoms with van der Waals surface area (Å²) < 4.78 is 0. The van der Waals surface area contributed by atoms with Gasteiger partial charge in [0, 0.05) is 18.8 Å². The summed E-state index contributed by atoms with van der Waals surface area (Å²) in [7, 11) is 0. The number of nitrogens with zero attached hydrogens (tertiary/aromatic N) is 3. The van der Waals surface area contributed by atoms with E-state index in [1.165, 1.54) is 0 Å². The van der Waals surface area contributed by atoms with E-state index < -0.39 is 5.97 Å². The van der Waals surface area contributed by atoms with Crippen molar-refractivity contribution < 1.29 is 9.90 Å². The van der Waals surface area contributed by atoms with Crippen LogP contribution in [0, 0.1) is 12.8 Å². The Morgan fingerprint density at radius 2 is 2.35 bits per heavy atom. The molecule has 0 saturated carbocycles. The zero-order chi connectivity index (χ0) is 12.4. The lowest BCUT2D eigenvalue weighted by atomic mass is 9.99. The fourth-order valence-corrected chi connectivity index (χ4v) is 2.25. The molecule has 2 heterocycles. The molecule has 92 valence electrons. The molecule has 1 fully saturated rings. The van der Waals surface area contributed by atoms with Gasteiger partial charge in [0.05, 0.1) is 5.92 Å². The Bertz CT molecular complexity index is 418. The molecular formula is C11H14ClN3O2. The van der Waals surface area contributed by atoms with E-state index in [1.807, 2.05) is 11.8 Å². The van der Waals surface area contributed by atoms with Crippen molar-refractivity contribution >= 4 is 23.5 Å². The maximum atomic E-state index is 11.0. The fraction of sp³-hybridized carbons (Fsp3) is 0.545. The SMILES string of the molecule is Cc1cc(Cl)nc(N2CCCC(C(=O)O)C2)n1. The van der Waals surface area contributed by atoms with Gasteiger partial charge in [0.25, 0.3) is 0 Å². The van der Waals surface area contributed by atoms with Crippen molar-refractivity contribution in [3.05, 3.63) is 16.9 Å². The van der Waals surface area contributed by atoms with Crippen LogP contribution in [0.1, 0.15) is 18.5 Å². The van der Waals surface area contributed by atoms with Gasteiger partial charge in [-0.25, -0.2) is 9.97 Å². The minimum absolute atomic E-state index is 0.341. The Hall–Kier alpha value is -1.36. The van der Waals surface area contributed by atoms with E-state index in [9.17, 15) is 4.79 Å². The first kappa shape index (κ1) is 12.1. The van der Waals surface area contributed by atoms with Gasteiger partial charge in [-0.15, -0.1) is 0 Å². The predicted octanol–water partition coefficient (Wildman–Crippen LogP) is 1.74. The largest absolute Gasteiger partial charge is 0.481 e. The molecule has 2 rings (SSSR count). The van der Waals surface area contributed by atoms with Gasteiger partial charge in [0.1, 0.15) is 5.15 Å². The molecule has 0 amide bonds. The van der Waals surface area contributed by atoms with Crippen LogP contribution in [-0.2, 0) is 4.79 Å². The highest BCUT2D eigenvalue weighted by Gasteiger charge is 2.26. The average Bonchev–Trinajstić information content (AvgIpc) is 2.28. The summed E-state index contributed by atoms with van der Waals surface area (Å²) in [5.74, 6) is -0.568. The van der Waals surface area contributed by atoms with E-state index in [4.69, 9.17) is 16.7 Å². The van der Waals surface area contributed by atoms with E-state index >= 15 is 0 Å². The lowest BCUT2D eigenvalue weighted by Gasteiger charge is -2.30. The number of carboxylic acid groups (broad SMARTS) is 1. The summed E-state index contributed by atoms with van der Waals surface area (Å²) >= 11 is 5.87. The minimum atomic E-state index is -0.756. The van der Waals surface area contributed by atoms with E-state index in [0.29, 0.717) is 24.1 Å². The van der Waals surface area contributed by atoms with Crippen molar-refractivity contribution in [2.75, 3.05) is 18.0 Å². The summed E-state index contributed by atoms with van der Waals surface area (Å²) in [6.45, 7) is 3.08. The highest BCUT2D eigenvalue weighted by atomic mass is 35.5. The molecule has 1 N–H and O–H groups in total. The molecule has 1 saturated heterocycles. The van der Waals surface area contributed by atoms with Crippen LogP contribution >= 0.6 is 11.6 Å². The van der Waals surface area contributed by atoms with Gasteiger partial charge in [0.15, 0.2) is 0 Å². The molecule has 0 spiro atoms. The van der Waals surface area contributed by atoms with Crippen molar-refractivity contribution in [1.82, 2.24) is 9.97 Å². The van der Waals surface area contributed by atoms with E-state index in [-0.39, 0.29) is 5.92 Å². The van der Waals surface area contributed by atoms with Gasteiger partial charge >= 0.3 is 5.97 Å². The number of hydrogen-bond acceptors (Lipinski definition) is 4. The van der Waals surface area contributed by atoms with Crippen molar-refractivity contribution in [3.63, 3.8) is 0 Å². The lowest BCUT2D eigenvalue weighted by molar-refractivity contribution is -0.141. The summed E-state index contributed by atoms with van der Waals surface area (Å²) in [6.07, 6.45) is 1.55. The topological polar surface area (TPSA) is 66.3 Å². The van der Waals surface area contributed by atoms with Crippen LogP contribution in [0.4, 0.5) is 5.95 Å². The lowest BCUT2D eigenvalue weighted by Crippen LogP contribution is -2.39. The molecule has 0 aromatic carbocycles. The van der Waals surface area contributed by atoms with E-state index in [1.54, 1.807) is 6.07 Å². The zero-order valence-electron chi connectivity index (χ0n) is 9.56. The molecule has 1 aliphatic rings. The van der Waals surface area contributed by atoms with Gasteiger partial charge in [-0.1, -0.05) is 11.6 Å².